The normalized spacial score (nSPS) is 22.4. The highest BCUT2D eigenvalue weighted by Gasteiger charge is 2.44. The summed E-state index contributed by atoms with van der Waals surface area (Å²) < 4.78 is 0. The summed E-state index contributed by atoms with van der Waals surface area (Å²) >= 11 is 0. The molecule has 0 radical (unpaired) electrons. The number of aryl methyl sites for hydroxylation is 1. The number of halogens is 1. The van der Waals surface area contributed by atoms with Crippen LogP contribution in [0.4, 0.5) is 0 Å². The first-order chi connectivity index (χ1) is 16.0. The Bertz CT molecular complexity index is 1160. The molecule has 3 aromatic rings. The van der Waals surface area contributed by atoms with Crippen LogP contribution in [-0.2, 0) is 0 Å². The number of aromatic carboxylic acids is 1. The number of likely N-dealkylation sites (tertiary alicyclic amines) is 1. The second kappa shape index (κ2) is 9.91. The van der Waals surface area contributed by atoms with Gasteiger partial charge in [-0.15, -0.1) is 12.4 Å². The van der Waals surface area contributed by atoms with Gasteiger partial charge in [-0.25, -0.2) is 4.79 Å². The third-order valence-electron chi connectivity index (χ3n) is 7.73. The Morgan fingerprint density at radius 1 is 1.09 bits per heavy atom. The van der Waals surface area contributed by atoms with Gasteiger partial charge in [-0.2, -0.15) is 0 Å². The molecule has 1 unspecified atom stereocenters. The van der Waals surface area contributed by atoms with Crippen molar-refractivity contribution in [3.63, 3.8) is 0 Å². The average molecular weight is 477 g/mol. The van der Waals surface area contributed by atoms with Crippen molar-refractivity contribution in [2.75, 3.05) is 19.6 Å². The molecule has 1 aliphatic heterocycles. The van der Waals surface area contributed by atoms with Crippen molar-refractivity contribution in [2.24, 2.45) is 5.92 Å². The Labute approximate surface area is 207 Å². The van der Waals surface area contributed by atoms with E-state index in [-0.39, 0.29) is 18.3 Å². The maximum absolute atomic E-state index is 13.4. The molecule has 178 valence electrons. The Hall–Kier alpha value is -2.66. The van der Waals surface area contributed by atoms with Gasteiger partial charge in [0, 0.05) is 18.4 Å². The highest BCUT2D eigenvalue weighted by Crippen LogP contribution is 2.54. The lowest BCUT2D eigenvalue weighted by Crippen LogP contribution is -2.38. The minimum Gasteiger partial charge on any atom is -0.845 e. The van der Waals surface area contributed by atoms with Gasteiger partial charge in [-0.05, 0) is 66.7 Å². The molecule has 4 nitrogen and oxygen atoms in total. The molecule has 1 fully saturated rings. The molecule has 1 aliphatic carbocycles. The van der Waals surface area contributed by atoms with Crippen molar-refractivity contribution in [3.05, 3.63) is 106 Å². The van der Waals surface area contributed by atoms with Crippen LogP contribution in [0.1, 0.15) is 75.0 Å². The standard InChI is InChI=1S/C29H30NO3.ClH/c1-3-30-14-13-22-26(17-30)24-16-23(28(31)20-7-5-4-6-8-20)18(2)15-25(24)27(22)19-9-11-21(12-10-19)29(32)33;/h4-12,15-16,22,26-28H,3,13-14,17H2,1-2H3,(H,32,33);1H/q-1;/t22-,26+,27+,28?;/m1./s1. The Morgan fingerprint density at radius 3 is 2.44 bits per heavy atom. The van der Waals surface area contributed by atoms with Gasteiger partial charge in [-0.1, -0.05) is 78.8 Å². The van der Waals surface area contributed by atoms with Crippen LogP contribution < -0.4 is 5.11 Å². The van der Waals surface area contributed by atoms with E-state index in [0.29, 0.717) is 17.4 Å². The van der Waals surface area contributed by atoms with Crippen LogP contribution in [-0.4, -0.2) is 35.6 Å². The van der Waals surface area contributed by atoms with E-state index < -0.39 is 12.1 Å². The zero-order valence-corrected chi connectivity index (χ0v) is 20.4. The number of benzene rings is 3. The topological polar surface area (TPSA) is 63.6 Å². The maximum Gasteiger partial charge on any atom is 0.335 e. The van der Waals surface area contributed by atoms with Gasteiger partial charge < -0.3 is 15.1 Å². The van der Waals surface area contributed by atoms with Crippen LogP contribution in [0.3, 0.4) is 0 Å². The minimum atomic E-state index is -0.898. The molecule has 3 aromatic carbocycles. The van der Waals surface area contributed by atoms with E-state index in [1.807, 2.05) is 49.4 Å². The summed E-state index contributed by atoms with van der Waals surface area (Å²) in [4.78, 5) is 13.9. The molecule has 2 aliphatic rings. The average Bonchev–Trinajstić information content (AvgIpc) is 3.15. The van der Waals surface area contributed by atoms with E-state index in [9.17, 15) is 15.0 Å². The van der Waals surface area contributed by atoms with Crippen molar-refractivity contribution in [2.45, 2.75) is 38.2 Å². The summed E-state index contributed by atoms with van der Waals surface area (Å²) in [6, 6.07) is 21.5. The second-order valence-electron chi connectivity index (χ2n) is 9.49. The Kier molecular flexibility index (Phi) is 7.13. The lowest BCUT2D eigenvalue weighted by atomic mass is 9.78. The third-order valence-corrected chi connectivity index (χ3v) is 7.73. The zero-order valence-electron chi connectivity index (χ0n) is 19.6. The number of carboxylic acids is 1. The Morgan fingerprint density at radius 2 is 1.79 bits per heavy atom. The molecule has 0 aromatic heterocycles. The van der Waals surface area contributed by atoms with E-state index in [1.54, 1.807) is 12.1 Å². The van der Waals surface area contributed by atoms with Gasteiger partial charge in [-0.3, -0.25) is 0 Å². The molecule has 0 spiro atoms. The minimum absolute atomic E-state index is 0. The number of carbonyl (C=O) groups is 1. The van der Waals surface area contributed by atoms with Gasteiger partial charge in [0.15, 0.2) is 0 Å². The number of piperidine rings is 1. The highest BCUT2D eigenvalue weighted by atomic mass is 35.5. The molecule has 0 saturated carbocycles. The fraction of sp³-hybridized carbons (Fsp3) is 0.345. The monoisotopic (exact) mass is 476 g/mol. The van der Waals surface area contributed by atoms with E-state index >= 15 is 0 Å². The second-order valence-corrected chi connectivity index (χ2v) is 9.49. The zero-order chi connectivity index (χ0) is 23.1. The lowest BCUT2D eigenvalue weighted by molar-refractivity contribution is -0.411. The van der Waals surface area contributed by atoms with Gasteiger partial charge in [0.25, 0.3) is 0 Å². The van der Waals surface area contributed by atoms with E-state index in [0.717, 1.165) is 42.7 Å². The van der Waals surface area contributed by atoms with Gasteiger partial charge in [0.05, 0.1) is 5.56 Å². The number of hydrogen-bond acceptors (Lipinski definition) is 3. The molecule has 34 heavy (non-hydrogen) atoms. The van der Waals surface area contributed by atoms with E-state index in [4.69, 9.17) is 0 Å². The summed E-state index contributed by atoms with van der Waals surface area (Å²) in [7, 11) is 0. The van der Waals surface area contributed by atoms with E-state index in [2.05, 4.69) is 24.0 Å². The molecule has 1 heterocycles. The predicted octanol–water partition coefficient (Wildman–Crippen LogP) is 5.14. The summed E-state index contributed by atoms with van der Waals surface area (Å²) in [6.07, 6.45) is 0.210. The molecule has 4 atom stereocenters. The smallest absolute Gasteiger partial charge is 0.335 e. The van der Waals surface area contributed by atoms with Crippen molar-refractivity contribution in [1.82, 2.24) is 4.90 Å². The van der Waals surface area contributed by atoms with Crippen molar-refractivity contribution < 1.29 is 15.0 Å². The molecule has 0 bridgehead atoms. The maximum atomic E-state index is 13.4. The van der Waals surface area contributed by atoms with Crippen LogP contribution in [0.25, 0.3) is 0 Å². The van der Waals surface area contributed by atoms with Crippen LogP contribution in [0.5, 0.6) is 0 Å². The molecule has 1 N–H and O–H groups in total. The third kappa shape index (κ3) is 4.26. The number of rotatable bonds is 5. The van der Waals surface area contributed by atoms with E-state index in [1.165, 1.54) is 16.7 Å². The lowest BCUT2D eigenvalue weighted by Gasteiger charge is -2.37. The van der Waals surface area contributed by atoms with Gasteiger partial charge in [0.2, 0.25) is 0 Å². The predicted molar refractivity (Wildman–Crippen MR) is 135 cm³/mol. The molecular formula is C29H31ClNO3-. The van der Waals surface area contributed by atoms with Crippen molar-refractivity contribution in [1.29, 1.82) is 0 Å². The summed E-state index contributed by atoms with van der Waals surface area (Å²) in [6.45, 7) is 7.38. The van der Waals surface area contributed by atoms with Gasteiger partial charge >= 0.3 is 5.97 Å². The highest BCUT2D eigenvalue weighted by molar-refractivity contribution is 5.87. The number of likely N-dealkylation sites (N-methyl/N-ethyl adjacent to an activating group) is 1. The van der Waals surface area contributed by atoms with Crippen LogP contribution in [0.2, 0.25) is 0 Å². The van der Waals surface area contributed by atoms with Crippen molar-refractivity contribution >= 4 is 18.4 Å². The van der Waals surface area contributed by atoms with Crippen LogP contribution in [0.15, 0.2) is 66.7 Å². The molecule has 5 rings (SSSR count). The number of carboxylic acid groups (broad SMARTS) is 1. The summed E-state index contributed by atoms with van der Waals surface area (Å²) in [5, 5.41) is 22.7. The van der Waals surface area contributed by atoms with Crippen molar-refractivity contribution in [3.8, 4) is 0 Å². The largest absolute Gasteiger partial charge is 0.845 e. The first kappa shape index (κ1) is 24.5. The molecule has 0 amide bonds. The number of nitrogens with zero attached hydrogens (tertiary/aromatic N) is 1. The number of fused-ring (bicyclic) bond motifs is 3. The van der Waals surface area contributed by atoms with Gasteiger partial charge in [0.1, 0.15) is 0 Å². The van der Waals surface area contributed by atoms with Crippen LogP contribution in [0, 0.1) is 12.8 Å². The molecule has 1 saturated heterocycles. The summed E-state index contributed by atoms with van der Waals surface area (Å²) in [5.74, 6) is 0.196. The molecule has 5 heteroatoms. The Balaban J connectivity index is 0.00000274. The number of hydrogen-bond donors (Lipinski definition) is 1. The first-order valence-electron chi connectivity index (χ1n) is 11.9. The fourth-order valence-corrected chi connectivity index (χ4v) is 5.99. The summed E-state index contributed by atoms with van der Waals surface area (Å²) in [5.41, 5.74) is 6.82. The quantitative estimate of drug-likeness (QED) is 0.554. The SMILES string of the molecule is CCN1CC[C@H]2[C@H](c3ccc(C(=O)O)cc3)c3cc(C)c(C([O-])c4ccccc4)cc3[C@H]2C1.Cl. The first-order valence-corrected chi connectivity index (χ1v) is 11.9. The molecular weight excluding hydrogens is 446 g/mol. The fourth-order valence-electron chi connectivity index (χ4n) is 5.99. The van der Waals surface area contributed by atoms with Crippen LogP contribution >= 0.6 is 12.4 Å².